The summed E-state index contributed by atoms with van der Waals surface area (Å²) in [5.41, 5.74) is -0.296. The topological polar surface area (TPSA) is 101 Å². The highest BCUT2D eigenvalue weighted by molar-refractivity contribution is 9.10. The highest BCUT2D eigenvalue weighted by Gasteiger charge is 2.27. The van der Waals surface area contributed by atoms with Gasteiger partial charge in [-0.2, -0.15) is 0 Å². The van der Waals surface area contributed by atoms with Crippen molar-refractivity contribution in [2.24, 2.45) is 0 Å². The fraction of sp³-hybridized carbons (Fsp3) is 0.222. The summed E-state index contributed by atoms with van der Waals surface area (Å²) in [5.74, 6) is 0. The molecule has 3 aromatic rings. The number of halogens is 1. The number of aromatic amines is 1. The average Bonchev–Trinajstić information content (AvgIpc) is 2.93. The number of nitrogens with zero attached hydrogens (tertiary/aromatic N) is 1. The summed E-state index contributed by atoms with van der Waals surface area (Å²) in [7, 11) is -3.92. The van der Waals surface area contributed by atoms with E-state index in [1.165, 1.54) is 18.3 Å². The molecule has 0 saturated carbocycles. The number of aromatic nitrogens is 2. The first-order valence-corrected chi connectivity index (χ1v) is 10.3. The van der Waals surface area contributed by atoms with Gasteiger partial charge < -0.3 is 9.72 Å². The van der Waals surface area contributed by atoms with E-state index in [0.717, 1.165) is 0 Å². The maximum absolute atomic E-state index is 13.3. The number of amides is 1. The van der Waals surface area contributed by atoms with Crippen LogP contribution in [0.25, 0.3) is 11.0 Å². The van der Waals surface area contributed by atoms with Crippen LogP contribution < -0.4 is 5.32 Å². The molecule has 27 heavy (non-hydrogen) atoms. The molecule has 1 amide bonds. The number of carbonyl (C=O) groups excluding carboxylic acids is 1. The lowest BCUT2D eigenvalue weighted by Gasteiger charge is -2.20. The van der Waals surface area contributed by atoms with Crippen molar-refractivity contribution in [2.75, 3.05) is 5.32 Å². The summed E-state index contributed by atoms with van der Waals surface area (Å²) >= 11 is 3.29. The third-order valence-electron chi connectivity index (χ3n) is 3.53. The Hall–Kier alpha value is -2.39. The molecular formula is C18H18BrN3O4S. The lowest BCUT2D eigenvalue weighted by atomic mass is 10.2. The number of rotatable bonds is 3. The summed E-state index contributed by atoms with van der Waals surface area (Å²) in [6.07, 6.45) is 0.535. The minimum Gasteiger partial charge on any atom is -0.444 e. The van der Waals surface area contributed by atoms with Crippen molar-refractivity contribution >= 4 is 48.6 Å². The Kier molecular flexibility index (Phi) is 5.00. The van der Waals surface area contributed by atoms with Gasteiger partial charge in [0.05, 0.1) is 21.4 Å². The van der Waals surface area contributed by atoms with Crippen molar-refractivity contribution < 1.29 is 17.9 Å². The molecule has 2 heterocycles. The predicted octanol–water partition coefficient (Wildman–Crippen LogP) is 4.51. The number of hydrogen-bond donors (Lipinski definition) is 2. The third kappa shape index (κ3) is 4.14. The number of pyridine rings is 1. The molecule has 0 fully saturated rings. The standard InChI is InChI=1S/C18H18BrN3O4S/c1-18(2,3)26-17(23)21-13-10-20-16-12(9-14(19)22-16)15(13)27(24,25)11-7-5-4-6-8-11/h4-10H,1-3H3,(H,20,22)(H,21,23). The molecule has 2 N–H and O–H groups in total. The van der Waals surface area contributed by atoms with E-state index in [2.05, 4.69) is 31.2 Å². The molecule has 9 heteroatoms. The highest BCUT2D eigenvalue weighted by Crippen LogP contribution is 2.35. The summed E-state index contributed by atoms with van der Waals surface area (Å²) in [5, 5.41) is 2.87. The van der Waals surface area contributed by atoms with Gasteiger partial charge in [-0.1, -0.05) is 18.2 Å². The van der Waals surface area contributed by atoms with Crippen LogP contribution in [-0.2, 0) is 14.6 Å². The molecule has 0 atom stereocenters. The maximum atomic E-state index is 13.3. The van der Waals surface area contributed by atoms with Gasteiger partial charge in [0, 0.05) is 5.39 Å². The first kappa shape index (κ1) is 19.4. The van der Waals surface area contributed by atoms with Crippen molar-refractivity contribution in [3.8, 4) is 0 Å². The number of carbonyl (C=O) groups is 1. The second-order valence-electron chi connectivity index (χ2n) is 6.82. The number of anilines is 1. The molecule has 0 bridgehead atoms. The van der Waals surface area contributed by atoms with E-state index in [4.69, 9.17) is 4.74 Å². The Bertz CT molecular complexity index is 1100. The van der Waals surface area contributed by atoms with E-state index in [0.29, 0.717) is 15.6 Å². The van der Waals surface area contributed by atoms with Gasteiger partial charge in [-0.15, -0.1) is 0 Å². The average molecular weight is 452 g/mol. The molecule has 2 aromatic heterocycles. The quantitative estimate of drug-likeness (QED) is 0.609. The fourth-order valence-electron chi connectivity index (χ4n) is 2.53. The molecule has 0 unspecified atom stereocenters. The minimum absolute atomic E-state index is 0.0482. The van der Waals surface area contributed by atoms with Gasteiger partial charge >= 0.3 is 6.09 Å². The van der Waals surface area contributed by atoms with E-state index in [1.807, 2.05) is 0 Å². The SMILES string of the molecule is CC(C)(C)OC(=O)Nc1cnc2[nH]c(Br)cc2c1S(=O)(=O)c1ccccc1. The number of ether oxygens (including phenoxy) is 1. The summed E-state index contributed by atoms with van der Waals surface area (Å²) in [6, 6.07) is 9.62. The van der Waals surface area contributed by atoms with Crippen LogP contribution >= 0.6 is 15.9 Å². The van der Waals surface area contributed by atoms with Crippen LogP contribution in [0.15, 0.2) is 57.0 Å². The van der Waals surface area contributed by atoms with Gasteiger partial charge in [0.1, 0.15) is 16.1 Å². The van der Waals surface area contributed by atoms with Crippen molar-refractivity contribution in [3.05, 3.63) is 47.2 Å². The number of H-pyrrole nitrogens is 1. The molecule has 7 nitrogen and oxygen atoms in total. The Morgan fingerprint density at radius 2 is 1.89 bits per heavy atom. The van der Waals surface area contributed by atoms with E-state index in [1.54, 1.807) is 45.0 Å². The number of fused-ring (bicyclic) bond motifs is 1. The van der Waals surface area contributed by atoms with Crippen molar-refractivity contribution in [1.29, 1.82) is 0 Å². The second-order valence-corrected chi connectivity index (χ2v) is 9.56. The van der Waals surface area contributed by atoms with E-state index >= 15 is 0 Å². The third-order valence-corrected chi connectivity index (χ3v) is 5.83. The largest absolute Gasteiger partial charge is 0.444 e. The molecule has 0 aliphatic rings. The number of nitrogens with one attached hydrogen (secondary N) is 2. The lowest BCUT2D eigenvalue weighted by molar-refractivity contribution is 0.0635. The van der Waals surface area contributed by atoms with Gasteiger partial charge in [-0.25, -0.2) is 18.2 Å². The van der Waals surface area contributed by atoms with Crippen molar-refractivity contribution in [1.82, 2.24) is 9.97 Å². The molecule has 0 spiro atoms. The number of benzene rings is 1. The maximum Gasteiger partial charge on any atom is 0.412 e. The second kappa shape index (κ2) is 6.97. The molecule has 0 aliphatic carbocycles. The Labute approximate surface area is 165 Å². The molecule has 0 radical (unpaired) electrons. The zero-order valence-corrected chi connectivity index (χ0v) is 17.3. The Balaban J connectivity index is 2.18. The first-order chi connectivity index (χ1) is 12.6. The van der Waals surface area contributed by atoms with Gasteiger partial charge in [0.25, 0.3) is 0 Å². The molecule has 1 aromatic carbocycles. The molecule has 142 valence electrons. The first-order valence-electron chi connectivity index (χ1n) is 8.05. The number of sulfone groups is 1. The predicted molar refractivity (Wildman–Crippen MR) is 106 cm³/mol. The molecule has 0 saturated heterocycles. The van der Waals surface area contributed by atoms with Crippen LogP contribution in [0.2, 0.25) is 0 Å². The molecule has 3 rings (SSSR count). The highest BCUT2D eigenvalue weighted by atomic mass is 79.9. The Morgan fingerprint density at radius 3 is 2.52 bits per heavy atom. The van der Waals surface area contributed by atoms with E-state index in [9.17, 15) is 13.2 Å². The minimum atomic E-state index is -3.92. The smallest absolute Gasteiger partial charge is 0.412 e. The van der Waals surface area contributed by atoms with Crippen LogP contribution in [-0.4, -0.2) is 30.1 Å². The van der Waals surface area contributed by atoms with Gasteiger partial charge in [-0.3, -0.25) is 5.32 Å². The van der Waals surface area contributed by atoms with Crippen LogP contribution in [0.3, 0.4) is 0 Å². The van der Waals surface area contributed by atoms with Crippen LogP contribution in [0.1, 0.15) is 20.8 Å². The van der Waals surface area contributed by atoms with E-state index < -0.39 is 21.5 Å². The van der Waals surface area contributed by atoms with Crippen molar-refractivity contribution in [2.45, 2.75) is 36.2 Å². The zero-order valence-electron chi connectivity index (χ0n) is 14.9. The van der Waals surface area contributed by atoms with E-state index in [-0.39, 0.29) is 15.5 Å². The van der Waals surface area contributed by atoms with Gasteiger partial charge in [-0.05, 0) is 54.9 Å². The molecule has 0 aliphatic heterocycles. The molecular weight excluding hydrogens is 434 g/mol. The van der Waals surface area contributed by atoms with Crippen LogP contribution in [0.5, 0.6) is 0 Å². The monoisotopic (exact) mass is 451 g/mol. The van der Waals surface area contributed by atoms with Gasteiger partial charge in [0.2, 0.25) is 9.84 Å². The normalized spacial score (nSPS) is 12.1. The fourth-order valence-corrected chi connectivity index (χ4v) is 4.54. The van der Waals surface area contributed by atoms with Crippen molar-refractivity contribution in [3.63, 3.8) is 0 Å². The van der Waals surface area contributed by atoms with Crippen LogP contribution in [0, 0.1) is 0 Å². The lowest BCUT2D eigenvalue weighted by Crippen LogP contribution is -2.27. The van der Waals surface area contributed by atoms with Gasteiger partial charge in [0.15, 0.2) is 0 Å². The zero-order chi connectivity index (χ0) is 19.8. The number of hydrogen-bond acceptors (Lipinski definition) is 5. The van der Waals surface area contributed by atoms with Crippen LogP contribution in [0.4, 0.5) is 10.5 Å². The Morgan fingerprint density at radius 1 is 1.22 bits per heavy atom. The summed E-state index contributed by atoms with van der Waals surface area (Å²) in [4.78, 5) is 19.4. The summed E-state index contributed by atoms with van der Waals surface area (Å²) < 4.78 is 32.4. The summed E-state index contributed by atoms with van der Waals surface area (Å²) in [6.45, 7) is 5.16.